The zero-order valence-corrected chi connectivity index (χ0v) is 28.3. The molecule has 0 bridgehead atoms. The standard InChI is InChI=1S/C47H29N3S/c1-3-14-33(15-4-1)45-48-46(34-16-5-2-6-17-34)50-47(49-45)40-24-12-23-39-42-38-21-10-8-18-35(38)29-41(44(42)51-43(39)40)32-27-25-31(26-28-32)37-22-11-19-30-13-7-9-20-36(30)37/h1-29H. The lowest BCUT2D eigenvalue weighted by molar-refractivity contribution is 1.08. The van der Waals surface area contributed by atoms with Crippen LogP contribution in [0.5, 0.6) is 0 Å². The molecular formula is C47H29N3S. The summed E-state index contributed by atoms with van der Waals surface area (Å²) in [6.45, 7) is 0. The van der Waals surface area contributed by atoms with Crippen LogP contribution >= 0.6 is 11.3 Å². The normalized spacial score (nSPS) is 11.5. The van der Waals surface area contributed by atoms with Gasteiger partial charge in [-0.05, 0) is 50.4 Å². The van der Waals surface area contributed by atoms with Crippen molar-refractivity contribution < 1.29 is 0 Å². The van der Waals surface area contributed by atoms with Crippen LogP contribution in [0.4, 0.5) is 0 Å². The molecule has 0 fully saturated rings. The van der Waals surface area contributed by atoms with Crippen molar-refractivity contribution in [3.8, 4) is 56.4 Å². The van der Waals surface area contributed by atoms with E-state index in [2.05, 4.69) is 140 Å². The fraction of sp³-hybridized carbons (Fsp3) is 0. The lowest BCUT2D eigenvalue weighted by atomic mass is 9.94. The van der Waals surface area contributed by atoms with E-state index >= 15 is 0 Å². The first-order valence-electron chi connectivity index (χ1n) is 17.1. The van der Waals surface area contributed by atoms with E-state index in [-0.39, 0.29) is 0 Å². The molecule has 0 atom stereocenters. The Kier molecular flexibility index (Phi) is 7.00. The molecule has 51 heavy (non-hydrogen) atoms. The highest BCUT2D eigenvalue weighted by Crippen LogP contribution is 2.47. The van der Waals surface area contributed by atoms with Crippen molar-refractivity contribution in [2.24, 2.45) is 0 Å². The lowest BCUT2D eigenvalue weighted by Crippen LogP contribution is -2.00. The summed E-state index contributed by atoms with van der Waals surface area (Å²) in [6, 6.07) is 62.2. The number of hydrogen-bond acceptors (Lipinski definition) is 4. The van der Waals surface area contributed by atoms with Gasteiger partial charge in [0, 0.05) is 42.4 Å². The number of aromatic nitrogens is 3. The highest BCUT2D eigenvalue weighted by Gasteiger charge is 2.20. The summed E-state index contributed by atoms with van der Waals surface area (Å²) in [6.07, 6.45) is 0. The maximum Gasteiger partial charge on any atom is 0.165 e. The van der Waals surface area contributed by atoms with Gasteiger partial charge in [-0.1, -0.05) is 164 Å². The number of thiophene rings is 1. The van der Waals surface area contributed by atoms with Crippen LogP contribution in [-0.4, -0.2) is 15.0 Å². The summed E-state index contributed by atoms with van der Waals surface area (Å²) in [5, 5.41) is 7.46. The molecule has 0 saturated carbocycles. The molecule has 3 nitrogen and oxygen atoms in total. The Hall–Kier alpha value is -6.49. The van der Waals surface area contributed by atoms with E-state index < -0.39 is 0 Å². The molecule has 0 saturated heterocycles. The van der Waals surface area contributed by atoms with Gasteiger partial charge in [0.15, 0.2) is 17.5 Å². The quantitative estimate of drug-likeness (QED) is 0.183. The fourth-order valence-electron chi connectivity index (χ4n) is 7.27. The SMILES string of the molecule is c1ccc(-c2nc(-c3ccccc3)nc(-c3cccc4c3sc3c(-c5ccc(-c6cccc7ccccc67)cc5)cc5ccccc5c34)n2)cc1. The van der Waals surface area contributed by atoms with Gasteiger partial charge in [0.2, 0.25) is 0 Å². The number of benzene rings is 8. The van der Waals surface area contributed by atoms with Crippen LogP contribution in [0.2, 0.25) is 0 Å². The summed E-state index contributed by atoms with van der Waals surface area (Å²) in [5.74, 6) is 2.00. The van der Waals surface area contributed by atoms with Gasteiger partial charge in [-0.25, -0.2) is 15.0 Å². The molecule has 0 amide bonds. The van der Waals surface area contributed by atoms with E-state index in [0.29, 0.717) is 17.5 Å². The van der Waals surface area contributed by atoms with Crippen molar-refractivity contribution in [2.75, 3.05) is 0 Å². The molecule has 10 rings (SSSR count). The molecular weight excluding hydrogens is 639 g/mol. The molecule has 238 valence electrons. The van der Waals surface area contributed by atoms with Gasteiger partial charge in [-0.3, -0.25) is 0 Å². The molecule has 0 radical (unpaired) electrons. The predicted octanol–water partition coefficient (Wildman–Crippen LogP) is 12.9. The van der Waals surface area contributed by atoms with Crippen LogP contribution in [-0.2, 0) is 0 Å². The second kappa shape index (κ2) is 12.1. The molecule has 10 aromatic rings. The Morgan fingerprint density at radius 1 is 0.314 bits per heavy atom. The first-order chi connectivity index (χ1) is 25.3. The number of rotatable bonds is 5. The Labute approximate surface area is 299 Å². The predicted molar refractivity (Wildman–Crippen MR) is 215 cm³/mol. The molecule has 0 N–H and O–H groups in total. The summed E-state index contributed by atoms with van der Waals surface area (Å²) in [4.78, 5) is 15.2. The third-order valence-electron chi connectivity index (χ3n) is 9.73. The smallest absolute Gasteiger partial charge is 0.165 e. The second-order valence-electron chi connectivity index (χ2n) is 12.8. The van der Waals surface area contributed by atoms with E-state index in [0.717, 1.165) is 16.7 Å². The molecule has 0 aliphatic rings. The highest BCUT2D eigenvalue weighted by molar-refractivity contribution is 7.27. The third kappa shape index (κ3) is 5.08. The molecule has 0 aliphatic carbocycles. The Morgan fingerprint density at radius 2 is 0.824 bits per heavy atom. The van der Waals surface area contributed by atoms with Crippen LogP contribution in [0.15, 0.2) is 176 Å². The summed E-state index contributed by atoms with van der Waals surface area (Å²) >= 11 is 1.82. The van der Waals surface area contributed by atoms with E-state index in [9.17, 15) is 0 Å². The molecule has 2 heterocycles. The van der Waals surface area contributed by atoms with E-state index in [4.69, 9.17) is 15.0 Å². The summed E-state index contributed by atoms with van der Waals surface area (Å²) in [5.41, 5.74) is 7.81. The Balaban J connectivity index is 1.19. The average molecular weight is 668 g/mol. The Bertz CT molecular complexity index is 2830. The van der Waals surface area contributed by atoms with Crippen LogP contribution in [0.3, 0.4) is 0 Å². The van der Waals surface area contributed by atoms with Crippen molar-refractivity contribution >= 4 is 53.1 Å². The third-order valence-corrected chi connectivity index (χ3v) is 11.0. The maximum absolute atomic E-state index is 5.11. The molecule has 2 aromatic heterocycles. The van der Waals surface area contributed by atoms with Gasteiger partial charge in [-0.2, -0.15) is 0 Å². The molecule has 4 heteroatoms. The Morgan fingerprint density at radius 3 is 1.53 bits per heavy atom. The maximum atomic E-state index is 5.11. The molecule has 0 aliphatic heterocycles. The first-order valence-corrected chi connectivity index (χ1v) is 17.9. The van der Waals surface area contributed by atoms with Crippen LogP contribution in [0.1, 0.15) is 0 Å². The summed E-state index contributed by atoms with van der Waals surface area (Å²) < 4.78 is 2.43. The van der Waals surface area contributed by atoms with E-state index in [1.807, 2.05) is 47.7 Å². The fourth-order valence-corrected chi connectivity index (χ4v) is 8.64. The molecule has 8 aromatic carbocycles. The topological polar surface area (TPSA) is 38.7 Å². The minimum absolute atomic E-state index is 0.662. The van der Waals surface area contributed by atoms with Crippen molar-refractivity contribution in [2.45, 2.75) is 0 Å². The zero-order chi connectivity index (χ0) is 33.7. The van der Waals surface area contributed by atoms with Gasteiger partial charge in [-0.15, -0.1) is 11.3 Å². The average Bonchev–Trinajstić information content (AvgIpc) is 3.61. The van der Waals surface area contributed by atoms with Crippen molar-refractivity contribution in [1.82, 2.24) is 15.0 Å². The van der Waals surface area contributed by atoms with E-state index in [1.165, 1.54) is 64.0 Å². The van der Waals surface area contributed by atoms with Crippen molar-refractivity contribution in [3.05, 3.63) is 176 Å². The van der Waals surface area contributed by atoms with Crippen molar-refractivity contribution in [1.29, 1.82) is 0 Å². The van der Waals surface area contributed by atoms with Crippen LogP contribution in [0, 0.1) is 0 Å². The lowest BCUT2D eigenvalue weighted by Gasteiger charge is -2.10. The van der Waals surface area contributed by atoms with Crippen LogP contribution < -0.4 is 0 Å². The van der Waals surface area contributed by atoms with Gasteiger partial charge in [0.1, 0.15) is 0 Å². The van der Waals surface area contributed by atoms with Gasteiger partial charge in [0.25, 0.3) is 0 Å². The number of nitrogens with zero attached hydrogens (tertiary/aromatic N) is 3. The molecule has 0 spiro atoms. The largest absolute Gasteiger partial charge is 0.208 e. The minimum atomic E-state index is 0.662. The highest BCUT2D eigenvalue weighted by atomic mass is 32.1. The van der Waals surface area contributed by atoms with Gasteiger partial charge < -0.3 is 0 Å². The second-order valence-corrected chi connectivity index (χ2v) is 13.8. The monoisotopic (exact) mass is 667 g/mol. The first kappa shape index (κ1) is 29.4. The number of hydrogen-bond donors (Lipinski definition) is 0. The number of fused-ring (bicyclic) bond motifs is 6. The van der Waals surface area contributed by atoms with Crippen LogP contribution in [0.25, 0.3) is 98.1 Å². The minimum Gasteiger partial charge on any atom is -0.208 e. The van der Waals surface area contributed by atoms with E-state index in [1.54, 1.807) is 0 Å². The van der Waals surface area contributed by atoms with Crippen molar-refractivity contribution in [3.63, 3.8) is 0 Å². The van der Waals surface area contributed by atoms with Gasteiger partial charge in [0.05, 0.1) is 0 Å². The molecule has 0 unspecified atom stereocenters. The van der Waals surface area contributed by atoms with Gasteiger partial charge >= 0.3 is 0 Å². The zero-order valence-electron chi connectivity index (χ0n) is 27.5. The summed E-state index contributed by atoms with van der Waals surface area (Å²) in [7, 11) is 0.